The van der Waals surface area contributed by atoms with Crippen LogP contribution in [0.4, 0.5) is 11.6 Å². The fourth-order valence-electron chi connectivity index (χ4n) is 2.77. The molecule has 2 unspecified atom stereocenters. The molecule has 2 atom stereocenters. The predicted molar refractivity (Wildman–Crippen MR) is 74.9 cm³/mol. The number of rotatable bonds is 5. The second-order valence-electron chi connectivity index (χ2n) is 5.56. The molecule has 1 saturated carbocycles. The van der Waals surface area contributed by atoms with Gasteiger partial charge in [0.1, 0.15) is 17.5 Å². The average Bonchev–Trinajstić information content (AvgIpc) is 3.10. The number of nitrogens with two attached hydrogens (primary N) is 1. The Balaban J connectivity index is 1.71. The molecule has 1 aliphatic heterocycles. The maximum Gasteiger partial charge on any atom is 0.133 e. The van der Waals surface area contributed by atoms with Crippen LogP contribution in [0.25, 0.3) is 0 Å². The van der Waals surface area contributed by atoms with E-state index in [1.807, 2.05) is 6.07 Å². The van der Waals surface area contributed by atoms with Crippen LogP contribution in [-0.2, 0) is 11.2 Å². The Labute approximate surface area is 114 Å². The number of nitrogens with one attached hydrogen (secondary N) is 1. The molecule has 3 rings (SSSR count). The standard InChI is InChI=1S/C14H22N4O/c1-2-3-12-17-11(15)8-13(18-12)16-10-6-7-19-14(10)9-4-5-9/h8-10,14H,2-7H2,1H3,(H3,15,16,17,18). The van der Waals surface area contributed by atoms with Crippen LogP contribution < -0.4 is 11.1 Å². The summed E-state index contributed by atoms with van der Waals surface area (Å²) in [7, 11) is 0. The summed E-state index contributed by atoms with van der Waals surface area (Å²) in [5.41, 5.74) is 5.85. The number of hydrogen-bond acceptors (Lipinski definition) is 5. The molecule has 2 heterocycles. The van der Waals surface area contributed by atoms with Crippen LogP contribution in [0.15, 0.2) is 6.07 Å². The van der Waals surface area contributed by atoms with Gasteiger partial charge >= 0.3 is 0 Å². The van der Waals surface area contributed by atoms with Crippen LogP contribution in [0.3, 0.4) is 0 Å². The fourth-order valence-corrected chi connectivity index (χ4v) is 2.77. The summed E-state index contributed by atoms with van der Waals surface area (Å²) < 4.78 is 5.83. The molecule has 0 amide bonds. The highest BCUT2D eigenvalue weighted by Crippen LogP contribution is 2.39. The molecule has 0 aromatic carbocycles. The molecular formula is C14H22N4O. The zero-order chi connectivity index (χ0) is 13.2. The maximum absolute atomic E-state index is 5.85. The van der Waals surface area contributed by atoms with Crippen molar-refractivity contribution in [3.63, 3.8) is 0 Å². The van der Waals surface area contributed by atoms with Gasteiger partial charge in [-0.2, -0.15) is 0 Å². The number of aryl methyl sites for hydroxylation is 1. The van der Waals surface area contributed by atoms with Crippen molar-refractivity contribution in [2.24, 2.45) is 5.92 Å². The largest absolute Gasteiger partial charge is 0.384 e. The molecule has 104 valence electrons. The van der Waals surface area contributed by atoms with Gasteiger partial charge in [-0.3, -0.25) is 0 Å². The Kier molecular flexibility index (Phi) is 3.55. The first-order valence-corrected chi connectivity index (χ1v) is 7.28. The van der Waals surface area contributed by atoms with E-state index in [0.717, 1.165) is 43.4 Å². The smallest absolute Gasteiger partial charge is 0.133 e. The van der Waals surface area contributed by atoms with Crippen LogP contribution in [-0.4, -0.2) is 28.7 Å². The Morgan fingerprint density at radius 3 is 2.95 bits per heavy atom. The van der Waals surface area contributed by atoms with Crippen molar-refractivity contribution in [3.05, 3.63) is 11.9 Å². The van der Waals surface area contributed by atoms with Crippen LogP contribution in [0.5, 0.6) is 0 Å². The fraction of sp³-hybridized carbons (Fsp3) is 0.714. The number of aromatic nitrogens is 2. The minimum Gasteiger partial charge on any atom is -0.384 e. The van der Waals surface area contributed by atoms with Gasteiger partial charge in [0.15, 0.2) is 0 Å². The molecule has 5 nitrogen and oxygen atoms in total. The molecule has 1 saturated heterocycles. The van der Waals surface area contributed by atoms with Crippen molar-refractivity contribution >= 4 is 11.6 Å². The van der Waals surface area contributed by atoms with E-state index >= 15 is 0 Å². The summed E-state index contributed by atoms with van der Waals surface area (Å²) in [6.07, 6.45) is 5.90. The van der Waals surface area contributed by atoms with Crippen molar-refractivity contribution in [1.82, 2.24) is 9.97 Å². The maximum atomic E-state index is 5.85. The molecule has 1 aliphatic carbocycles. The molecule has 2 fully saturated rings. The highest BCUT2D eigenvalue weighted by Gasteiger charge is 2.40. The second-order valence-corrected chi connectivity index (χ2v) is 5.56. The van der Waals surface area contributed by atoms with Gasteiger partial charge < -0.3 is 15.8 Å². The van der Waals surface area contributed by atoms with E-state index in [9.17, 15) is 0 Å². The van der Waals surface area contributed by atoms with Crippen LogP contribution in [0.1, 0.15) is 38.4 Å². The first-order chi connectivity index (χ1) is 9.26. The Morgan fingerprint density at radius 1 is 1.37 bits per heavy atom. The Hall–Kier alpha value is -1.36. The van der Waals surface area contributed by atoms with Gasteiger partial charge in [0.25, 0.3) is 0 Å². The minimum atomic E-state index is 0.353. The second kappa shape index (κ2) is 5.33. The first-order valence-electron chi connectivity index (χ1n) is 7.28. The summed E-state index contributed by atoms with van der Waals surface area (Å²) in [6, 6.07) is 2.19. The molecule has 0 spiro atoms. The lowest BCUT2D eigenvalue weighted by Gasteiger charge is -2.20. The van der Waals surface area contributed by atoms with Gasteiger partial charge in [0.05, 0.1) is 12.1 Å². The summed E-state index contributed by atoms with van der Waals surface area (Å²) in [5, 5.41) is 3.50. The summed E-state index contributed by atoms with van der Waals surface area (Å²) in [6.45, 7) is 2.97. The monoisotopic (exact) mass is 262 g/mol. The van der Waals surface area contributed by atoms with Gasteiger partial charge in [-0.05, 0) is 31.6 Å². The highest BCUT2D eigenvalue weighted by molar-refractivity contribution is 5.45. The molecule has 19 heavy (non-hydrogen) atoms. The van der Waals surface area contributed by atoms with Crippen molar-refractivity contribution in [2.45, 2.75) is 51.2 Å². The molecule has 0 radical (unpaired) electrons. The van der Waals surface area contributed by atoms with E-state index in [0.29, 0.717) is 18.0 Å². The van der Waals surface area contributed by atoms with Gasteiger partial charge in [-0.25, -0.2) is 9.97 Å². The molecule has 1 aromatic rings. The molecule has 5 heteroatoms. The lowest BCUT2D eigenvalue weighted by molar-refractivity contribution is 0.0898. The average molecular weight is 262 g/mol. The van der Waals surface area contributed by atoms with Crippen molar-refractivity contribution in [1.29, 1.82) is 0 Å². The van der Waals surface area contributed by atoms with Gasteiger partial charge in [-0.15, -0.1) is 0 Å². The molecule has 1 aromatic heterocycles. The zero-order valence-electron chi connectivity index (χ0n) is 11.4. The Morgan fingerprint density at radius 2 is 2.21 bits per heavy atom. The van der Waals surface area contributed by atoms with Crippen molar-refractivity contribution in [2.75, 3.05) is 17.7 Å². The molecule has 2 aliphatic rings. The van der Waals surface area contributed by atoms with Crippen molar-refractivity contribution in [3.8, 4) is 0 Å². The van der Waals surface area contributed by atoms with Gasteiger partial charge in [0, 0.05) is 19.1 Å². The lowest BCUT2D eigenvalue weighted by Crippen LogP contribution is -2.31. The van der Waals surface area contributed by atoms with E-state index < -0.39 is 0 Å². The summed E-state index contributed by atoms with van der Waals surface area (Å²) in [4.78, 5) is 8.80. The predicted octanol–water partition coefficient (Wildman–Crippen LogP) is 1.99. The van der Waals surface area contributed by atoms with Crippen LogP contribution in [0.2, 0.25) is 0 Å². The zero-order valence-corrected chi connectivity index (χ0v) is 11.4. The number of hydrogen-bond donors (Lipinski definition) is 2. The van der Waals surface area contributed by atoms with Gasteiger partial charge in [0.2, 0.25) is 0 Å². The van der Waals surface area contributed by atoms with E-state index in [1.54, 1.807) is 0 Å². The number of nitrogen functional groups attached to an aromatic ring is 1. The lowest BCUT2D eigenvalue weighted by atomic mass is 10.1. The van der Waals surface area contributed by atoms with Crippen LogP contribution in [0, 0.1) is 5.92 Å². The van der Waals surface area contributed by atoms with E-state index in [-0.39, 0.29) is 0 Å². The number of anilines is 2. The number of nitrogens with zero attached hydrogens (tertiary/aromatic N) is 2. The third-order valence-corrected chi connectivity index (χ3v) is 3.82. The third kappa shape index (κ3) is 2.97. The highest BCUT2D eigenvalue weighted by atomic mass is 16.5. The van der Waals surface area contributed by atoms with E-state index in [1.165, 1.54) is 12.8 Å². The normalized spacial score (nSPS) is 26.6. The third-order valence-electron chi connectivity index (χ3n) is 3.82. The first kappa shape index (κ1) is 12.7. The van der Waals surface area contributed by atoms with E-state index in [4.69, 9.17) is 10.5 Å². The number of ether oxygens (including phenoxy) is 1. The molecular weight excluding hydrogens is 240 g/mol. The minimum absolute atomic E-state index is 0.353. The SMILES string of the molecule is CCCc1nc(N)cc(NC2CCOC2C2CC2)n1. The van der Waals surface area contributed by atoms with Crippen molar-refractivity contribution < 1.29 is 4.74 Å². The van der Waals surface area contributed by atoms with E-state index in [2.05, 4.69) is 22.2 Å². The topological polar surface area (TPSA) is 73.1 Å². The Bertz CT molecular complexity index is 447. The van der Waals surface area contributed by atoms with Gasteiger partial charge in [-0.1, -0.05) is 6.92 Å². The van der Waals surface area contributed by atoms with Crippen LogP contribution >= 0.6 is 0 Å². The summed E-state index contributed by atoms with van der Waals surface area (Å²) in [5.74, 6) is 2.96. The quantitative estimate of drug-likeness (QED) is 0.849. The molecule has 3 N–H and O–H groups in total. The summed E-state index contributed by atoms with van der Waals surface area (Å²) >= 11 is 0. The molecule has 0 bridgehead atoms.